The summed E-state index contributed by atoms with van der Waals surface area (Å²) in [5, 5.41) is 0. The van der Waals surface area contributed by atoms with Crippen LogP contribution in [-0.4, -0.2) is 48.9 Å². The fraction of sp³-hybridized carbons (Fsp3) is 0.500. The van der Waals surface area contributed by atoms with E-state index in [0.717, 1.165) is 25.0 Å². The molecule has 0 atom stereocenters. The maximum Gasteiger partial charge on any atom is 0.254 e. The fourth-order valence-corrected chi connectivity index (χ4v) is 2.48. The summed E-state index contributed by atoms with van der Waals surface area (Å²) in [6.07, 6.45) is 1.72. The van der Waals surface area contributed by atoms with Gasteiger partial charge in [0.1, 0.15) is 17.3 Å². The number of nitrogens with zero attached hydrogens (tertiary/aromatic N) is 2. The first-order valence-electron chi connectivity index (χ1n) is 6.60. The van der Waals surface area contributed by atoms with Crippen molar-refractivity contribution < 1.29 is 13.6 Å². The van der Waals surface area contributed by atoms with Crippen molar-refractivity contribution in [2.24, 2.45) is 0 Å². The predicted molar refractivity (Wildman–Crippen MR) is 73.4 cm³/mol. The van der Waals surface area contributed by atoms with E-state index in [0.29, 0.717) is 19.1 Å². The molecule has 0 aliphatic carbocycles. The van der Waals surface area contributed by atoms with E-state index in [-0.39, 0.29) is 11.5 Å². The molecular weight excluding hydrogens is 264 g/mol. The minimum absolute atomic E-state index is 0.0116. The van der Waals surface area contributed by atoms with E-state index < -0.39 is 17.3 Å². The Morgan fingerprint density at radius 1 is 1.25 bits per heavy atom. The van der Waals surface area contributed by atoms with Crippen molar-refractivity contribution in [3.8, 4) is 0 Å². The third-order valence-corrected chi connectivity index (χ3v) is 3.81. The minimum Gasteiger partial charge on any atom is -0.394 e. The highest BCUT2D eigenvalue weighted by Gasteiger charge is 2.25. The van der Waals surface area contributed by atoms with Crippen molar-refractivity contribution in [2.45, 2.75) is 18.9 Å². The highest BCUT2D eigenvalue weighted by atomic mass is 19.1. The lowest BCUT2D eigenvalue weighted by Crippen LogP contribution is -2.44. The Kier molecular flexibility index (Phi) is 4.23. The Hall–Kier alpha value is -1.69. The van der Waals surface area contributed by atoms with Crippen molar-refractivity contribution >= 4 is 11.6 Å². The SMILES string of the molecule is CN(C)C1CCN(C(=O)c2cc(F)c(N)c(F)c2)CC1. The van der Waals surface area contributed by atoms with Crippen LogP contribution in [0.5, 0.6) is 0 Å². The molecule has 0 bridgehead atoms. The molecule has 1 aliphatic heterocycles. The molecule has 2 N–H and O–H groups in total. The van der Waals surface area contributed by atoms with Gasteiger partial charge in [0.05, 0.1) is 0 Å². The molecule has 1 saturated heterocycles. The summed E-state index contributed by atoms with van der Waals surface area (Å²) in [4.78, 5) is 16.0. The number of halogens is 2. The summed E-state index contributed by atoms with van der Waals surface area (Å²) < 4.78 is 26.8. The van der Waals surface area contributed by atoms with Crippen molar-refractivity contribution in [2.75, 3.05) is 32.9 Å². The highest BCUT2D eigenvalue weighted by Crippen LogP contribution is 2.21. The number of piperidine rings is 1. The first kappa shape index (κ1) is 14.7. The first-order valence-corrected chi connectivity index (χ1v) is 6.60. The van der Waals surface area contributed by atoms with Crippen molar-refractivity contribution in [1.82, 2.24) is 9.80 Å². The van der Waals surface area contributed by atoms with Gasteiger partial charge in [0, 0.05) is 24.7 Å². The summed E-state index contributed by atoms with van der Waals surface area (Å²) in [5.41, 5.74) is 4.66. The van der Waals surface area contributed by atoms with Crippen molar-refractivity contribution in [3.05, 3.63) is 29.3 Å². The van der Waals surface area contributed by atoms with E-state index in [1.54, 1.807) is 4.90 Å². The fourth-order valence-electron chi connectivity index (χ4n) is 2.48. The number of nitrogens with two attached hydrogens (primary N) is 1. The zero-order valence-corrected chi connectivity index (χ0v) is 11.7. The number of hydrogen-bond acceptors (Lipinski definition) is 3. The lowest BCUT2D eigenvalue weighted by molar-refractivity contribution is 0.0662. The van der Waals surface area contributed by atoms with Crippen LogP contribution in [0.25, 0.3) is 0 Å². The molecule has 1 heterocycles. The van der Waals surface area contributed by atoms with Gasteiger partial charge < -0.3 is 15.5 Å². The average molecular weight is 283 g/mol. The number of likely N-dealkylation sites (tertiary alicyclic amines) is 1. The monoisotopic (exact) mass is 283 g/mol. The third-order valence-electron chi connectivity index (χ3n) is 3.81. The van der Waals surface area contributed by atoms with Gasteiger partial charge in [-0.3, -0.25) is 4.79 Å². The van der Waals surface area contributed by atoms with Gasteiger partial charge >= 0.3 is 0 Å². The van der Waals surface area contributed by atoms with Crippen LogP contribution in [0.1, 0.15) is 23.2 Å². The van der Waals surface area contributed by atoms with Crippen LogP contribution in [0, 0.1) is 11.6 Å². The molecule has 2 rings (SSSR count). The molecule has 0 aromatic heterocycles. The number of nitrogen functional groups attached to an aromatic ring is 1. The van der Waals surface area contributed by atoms with Crippen molar-refractivity contribution in [3.63, 3.8) is 0 Å². The summed E-state index contributed by atoms with van der Waals surface area (Å²) in [5.74, 6) is -2.13. The normalized spacial score (nSPS) is 16.8. The molecule has 6 heteroatoms. The largest absolute Gasteiger partial charge is 0.394 e. The predicted octanol–water partition coefficient (Wildman–Crippen LogP) is 1.71. The molecule has 1 aliphatic rings. The Morgan fingerprint density at radius 2 is 1.75 bits per heavy atom. The third kappa shape index (κ3) is 2.90. The summed E-state index contributed by atoms with van der Waals surface area (Å²) in [6.45, 7) is 1.19. The van der Waals surface area contributed by atoms with E-state index >= 15 is 0 Å². The topological polar surface area (TPSA) is 49.6 Å². The number of carbonyl (C=O) groups excluding carboxylic acids is 1. The molecule has 0 unspecified atom stereocenters. The summed E-state index contributed by atoms with van der Waals surface area (Å²) in [7, 11) is 4.01. The maximum atomic E-state index is 13.4. The number of hydrogen-bond donors (Lipinski definition) is 1. The molecular formula is C14H19F2N3O. The van der Waals surface area contributed by atoms with Crippen LogP contribution in [0.4, 0.5) is 14.5 Å². The second-order valence-electron chi connectivity index (χ2n) is 5.34. The average Bonchev–Trinajstić information content (AvgIpc) is 2.43. The van der Waals surface area contributed by atoms with Crippen LogP contribution in [0.15, 0.2) is 12.1 Å². The highest BCUT2D eigenvalue weighted by molar-refractivity contribution is 5.94. The van der Waals surface area contributed by atoms with Gasteiger partial charge in [0.2, 0.25) is 0 Å². The lowest BCUT2D eigenvalue weighted by atomic mass is 10.0. The smallest absolute Gasteiger partial charge is 0.254 e. The van der Waals surface area contributed by atoms with Crippen LogP contribution in [-0.2, 0) is 0 Å². The van der Waals surface area contributed by atoms with E-state index in [9.17, 15) is 13.6 Å². The Bertz CT molecular complexity index is 488. The number of rotatable bonds is 2. The number of amides is 1. The van der Waals surface area contributed by atoms with Crippen molar-refractivity contribution in [1.29, 1.82) is 0 Å². The van der Waals surface area contributed by atoms with Gasteiger partial charge in [0.25, 0.3) is 5.91 Å². The zero-order chi connectivity index (χ0) is 14.9. The van der Waals surface area contributed by atoms with E-state index in [4.69, 9.17) is 5.73 Å². The van der Waals surface area contributed by atoms with Gasteiger partial charge in [-0.25, -0.2) is 8.78 Å². The molecule has 0 saturated carbocycles. The lowest BCUT2D eigenvalue weighted by Gasteiger charge is -2.35. The molecule has 110 valence electrons. The molecule has 0 radical (unpaired) electrons. The van der Waals surface area contributed by atoms with Gasteiger partial charge in [-0.1, -0.05) is 0 Å². The molecule has 1 fully saturated rings. The first-order chi connectivity index (χ1) is 9.40. The van der Waals surface area contributed by atoms with Crippen LogP contribution in [0.3, 0.4) is 0 Å². The Labute approximate surface area is 117 Å². The maximum absolute atomic E-state index is 13.4. The Morgan fingerprint density at radius 3 is 2.20 bits per heavy atom. The molecule has 1 aromatic rings. The molecule has 20 heavy (non-hydrogen) atoms. The second kappa shape index (κ2) is 5.75. The van der Waals surface area contributed by atoms with Gasteiger partial charge in [-0.2, -0.15) is 0 Å². The van der Waals surface area contributed by atoms with Crippen LogP contribution < -0.4 is 5.73 Å². The Balaban J connectivity index is 2.09. The van der Waals surface area contributed by atoms with E-state index in [1.165, 1.54) is 0 Å². The van der Waals surface area contributed by atoms with Gasteiger partial charge in [-0.05, 0) is 39.1 Å². The minimum atomic E-state index is -0.892. The van der Waals surface area contributed by atoms with E-state index in [1.807, 2.05) is 14.1 Å². The second-order valence-corrected chi connectivity index (χ2v) is 5.34. The summed E-state index contributed by atoms with van der Waals surface area (Å²) >= 11 is 0. The van der Waals surface area contributed by atoms with Gasteiger partial charge in [0.15, 0.2) is 0 Å². The molecule has 0 spiro atoms. The molecule has 1 aromatic carbocycles. The number of benzene rings is 1. The quantitative estimate of drug-likeness (QED) is 0.841. The summed E-state index contributed by atoms with van der Waals surface area (Å²) in [6, 6.07) is 2.44. The zero-order valence-electron chi connectivity index (χ0n) is 11.7. The molecule has 4 nitrogen and oxygen atoms in total. The van der Waals surface area contributed by atoms with Crippen LogP contribution >= 0.6 is 0 Å². The van der Waals surface area contributed by atoms with E-state index in [2.05, 4.69) is 4.90 Å². The number of anilines is 1. The van der Waals surface area contributed by atoms with Gasteiger partial charge in [-0.15, -0.1) is 0 Å². The molecule has 1 amide bonds. The standard InChI is InChI=1S/C14H19F2N3O/c1-18(2)10-3-5-19(6-4-10)14(20)9-7-11(15)13(17)12(16)8-9/h7-8,10H,3-6,17H2,1-2H3. The van der Waals surface area contributed by atoms with Crippen LogP contribution in [0.2, 0.25) is 0 Å². The number of carbonyl (C=O) groups is 1.